The smallest absolute Gasteiger partial charge is 0.0736 e. The summed E-state index contributed by atoms with van der Waals surface area (Å²) in [4.78, 5) is 7.78. The number of benzene rings is 11. The maximum absolute atomic E-state index is 2.57. The summed E-state index contributed by atoms with van der Waals surface area (Å²) >= 11 is 3.79. The molecule has 2 heterocycles. The molecule has 322 valence electrons. The molecule has 0 aromatic heterocycles. The molecule has 2 aliphatic heterocycles. The Morgan fingerprint density at radius 2 is 0.623 bits per heavy atom. The molecule has 0 amide bonds. The first-order valence-electron chi connectivity index (χ1n) is 23.8. The predicted molar refractivity (Wildman–Crippen MR) is 287 cm³/mol. The Morgan fingerprint density at radius 3 is 1.10 bits per heavy atom. The van der Waals surface area contributed by atoms with E-state index in [0.717, 1.165) is 17.1 Å². The largest absolute Gasteiger partial charge is 0.310 e. The molecular weight excluding hydrogens is 871 g/mol. The van der Waals surface area contributed by atoms with Crippen LogP contribution >= 0.6 is 23.5 Å². The summed E-state index contributed by atoms with van der Waals surface area (Å²) in [6.07, 6.45) is 0. The van der Waals surface area contributed by atoms with Crippen molar-refractivity contribution in [3.8, 4) is 33.4 Å². The lowest BCUT2D eigenvalue weighted by molar-refractivity contribution is 0.721. The number of rotatable bonds is 4. The molecule has 11 aromatic carbocycles. The standard InChI is InChI=1S/C66H41NS2/c1-2-18-42(19-3-1)45-38-39-60(51-23-5-4-20-46(45)51)67(43-34-36-49-47-21-6-8-24-52(47)65(58(49)40-43)54-26-10-14-30-61(54)68-62-31-15-11-27-55(62)65)44-35-37-50-48-22-7-9-25-53(48)66(59(50)41-44)56-28-12-16-32-63(56)69-64-33-17-13-29-57(64)66/h1-41H. The van der Waals surface area contributed by atoms with E-state index in [2.05, 4.69) is 254 Å². The van der Waals surface area contributed by atoms with Gasteiger partial charge in [0.25, 0.3) is 0 Å². The molecule has 0 N–H and O–H groups in total. The number of nitrogens with zero attached hydrogens (tertiary/aromatic N) is 1. The van der Waals surface area contributed by atoms with Crippen molar-refractivity contribution in [3.63, 3.8) is 0 Å². The molecule has 0 fully saturated rings. The monoisotopic (exact) mass is 911 g/mol. The van der Waals surface area contributed by atoms with Gasteiger partial charge >= 0.3 is 0 Å². The molecule has 15 rings (SSSR count). The van der Waals surface area contributed by atoms with Gasteiger partial charge in [0.15, 0.2) is 0 Å². The Bertz CT molecular complexity index is 3660. The summed E-state index contributed by atoms with van der Waals surface area (Å²) in [6.45, 7) is 0. The number of anilines is 3. The minimum atomic E-state index is -0.512. The maximum Gasteiger partial charge on any atom is 0.0736 e. The van der Waals surface area contributed by atoms with Gasteiger partial charge in [0, 0.05) is 36.3 Å². The van der Waals surface area contributed by atoms with Crippen LogP contribution < -0.4 is 4.90 Å². The van der Waals surface area contributed by atoms with E-state index >= 15 is 0 Å². The van der Waals surface area contributed by atoms with E-state index in [4.69, 9.17) is 0 Å². The van der Waals surface area contributed by atoms with Crippen LogP contribution in [0.1, 0.15) is 44.5 Å². The van der Waals surface area contributed by atoms with Crippen molar-refractivity contribution in [3.05, 3.63) is 293 Å². The first-order valence-corrected chi connectivity index (χ1v) is 25.5. The zero-order valence-corrected chi connectivity index (χ0v) is 39.1. The molecule has 0 bridgehead atoms. The van der Waals surface area contributed by atoms with Crippen LogP contribution in [0.15, 0.2) is 268 Å². The molecule has 4 aliphatic rings. The van der Waals surface area contributed by atoms with Crippen LogP contribution in [-0.2, 0) is 10.8 Å². The first kappa shape index (κ1) is 39.2. The van der Waals surface area contributed by atoms with Gasteiger partial charge in [-0.05, 0) is 138 Å². The summed E-state index contributed by atoms with van der Waals surface area (Å²) in [5.41, 5.74) is 20.6. The third-order valence-electron chi connectivity index (χ3n) is 15.4. The third kappa shape index (κ3) is 5.29. The average molecular weight is 912 g/mol. The highest BCUT2D eigenvalue weighted by Gasteiger charge is 2.52. The lowest BCUT2D eigenvalue weighted by Crippen LogP contribution is -2.32. The van der Waals surface area contributed by atoms with Crippen molar-refractivity contribution >= 4 is 51.4 Å². The minimum absolute atomic E-state index is 0.512. The van der Waals surface area contributed by atoms with Gasteiger partial charge in [0.05, 0.1) is 16.5 Å². The molecule has 2 spiro atoms. The molecule has 11 aromatic rings. The van der Waals surface area contributed by atoms with E-state index in [1.807, 2.05) is 23.5 Å². The fourth-order valence-electron chi connectivity index (χ4n) is 12.7. The Labute approximate surface area is 410 Å². The zero-order chi connectivity index (χ0) is 45.3. The van der Waals surface area contributed by atoms with Gasteiger partial charge in [-0.15, -0.1) is 0 Å². The Hall–Kier alpha value is -7.82. The number of hydrogen-bond acceptors (Lipinski definition) is 3. The molecule has 69 heavy (non-hydrogen) atoms. The highest BCUT2D eigenvalue weighted by atomic mass is 32.2. The first-order chi connectivity index (χ1) is 34.2. The summed E-state index contributed by atoms with van der Waals surface area (Å²) in [6, 6.07) is 93.9. The summed E-state index contributed by atoms with van der Waals surface area (Å²) < 4.78 is 0. The number of fused-ring (bicyclic) bond motifs is 19. The Morgan fingerprint density at radius 1 is 0.261 bits per heavy atom. The van der Waals surface area contributed by atoms with Crippen molar-refractivity contribution < 1.29 is 0 Å². The average Bonchev–Trinajstić information content (AvgIpc) is 3.86. The van der Waals surface area contributed by atoms with Crippen molar-refractivity contribution in [2.75, 3.05) is 4.90 Å². The van der Waals surface area contributed by atoms with Crippen LogP contribution in [0.25, 0.3) is 44.2 Å². The highest BCUT2D eigenvalue weighted by Crippen LogP contribution is 2.65. The fourth-order valence-corrected chi connectivity index (χ4v) is 15.1. The molecule has 0 saturated heterocycles. The second kappa shape index (κ2) is 14.8. The van der Waals surface area contributed by atoms with Crippen LogP contribution in [0.3, 0.4) is 0 Å². The Balaban J connectivity index is 1.04. The molecule has 0 radical (unpaired) electrons. The molecule has 0 saturated carbocycles. The zero-order valence-electron chi connectivity index (χ0n) is 37.4. The van der Waals surface area contributed by atoms with Crippen molar-refractivity contribution in [1.29, 1.82) is 0 Å². The van der Waals surface area contributed by atoms with Crippen LogP contribution in [0.2, 0.25) is 0 Å². The second-order valence-electron chi connectivity index (χ2n) is 18.6. The molecular formula is C66H41NS2. The van der Waals surface area contributed by atoms with E-state index in [0.29, 0.717) is 0 Å². The van der Waals surface area contributed by atoms with E-state index in [9.17, 15) is 0 Å². The maximum atomic E-state index is 2.57. The van der Waals surface area contributed by atoms with Crippen LogP contribution in [0, 0.1) is 0 Å². The van der Waals surface area contributed by atoms with E-state index in [1.54, 1.807) is 0 Å². The van der Waals surface area contributed by atoms with Gasteiger partial charge in [-0.2, -0.15) is 0 Å². The SMILES string of the molecule is c1ccc(-c2ccc(N(c3ccc4c(c3)C3(c5ccccc5Sc5ccccc53)c3ccccc3-4)c3ccc4c(c3)C3(c5ccccc5Sc5ccccc53)c3ccccc3-4)c3ccccc23)cc1. The third-order valence-corrected chi connectivity index (χ3v) is 17.7. The molecule has 2 aliphatic carbocycles. The summed E-state index contributed by atoms with van der Waals surface area (Å²) in [7, 11) is 0. The molecule has 1 nitrogen and oxygen atoms in total. The van der Waals surface area contributed by atoms with E-state index in [1.165, 1.54) is 108 Å². The van der Waals surface area contributed by atoms with Crippen molar-refractivity contribution in [1.82, 2.24) is 0 Å². The van der Waals surface area contributed by atoms with Crippen molar-refractivity contribution in [2.24, 2.45) is 0 Å². The van der Waals surface area contributed by atoms with E-state index in [-0.39, 0.29) is 0 Å². The summed E-state index contributed by atoms with van der Waals surface area (Å²) in [5, 5.41) is 2.42. The Kier molecular flexibility index (Phi) is 8.43. The second-order valence-corrected chi connectivity index (χ2v) is 20.8. The van der Waals surface area contributed by atoms with Crippen LogP contribution in [0.5, 0.6) is 0 Å². The van der Waals surface area contributed by atoms with Gasteiger partial charge < -0.3 is 4.90 Å². The summed E-state index contributed by atoms with van der Waals surface area (Å²) in [5.74, 6) is 0. The van der Waals surface area contributed by atoms with Gasteiger partial charge in [-0.3, -0.25) is 0 Å². The van der Waals surface area contributed by atoms with Gasteiger partial charge in [0.2, 0.25) is 0 Å². The van der Waals surface area contributed by atoms with Gasteiger partial charge in [-0.25, -0.2) is 0 Å². The lowest BCUT2D eigenvalue weighted by atomic mass is 9.67. The fraction of sp³-hybridized carbons (Fsp3) is 0.0303. The molecule has 3 heteroatoms. The van der Waals surface area contributed by atoms with Crippen LogP contribution in [-0.4, -0.2) is 0 Å². The van der Waals surface area contributed by atoms with Gasteiger partial charge in [0.1, 0.15) is 0 Å². The van der Waals surface area contributed by atoms with E-state index < -0.39 is 10.8 Å². The lowest BCUT2D eigenvalue weighted by Gasteiger charge is -2.40. The number of hydrogen-bond donors (Lipinski definition) is 0. The molecule has 0 unspecified atom stereocenters. The normalized spacial score (nSPS) is 14.5. The topological polar surface area (TPSA) is 3.24 Å². The van der Waals surface area contributed by atoms with Crippen molar-refractivity contribution in [2.45, 2.75) is 30.4 Å². The quantitative estimate of drug-likeness (QED) is 0.173. The minimum Gasteiger partial charge on any atom is -0.310 e. The predicted octanol–water partition coefficient (Wildman–Crippen LogP) is 17.6. The van der Waals surface area contributed by atoms with Gasteiger partial charge in [-0.1, -0.05) is 218 Å². The van der Waals surface area contributed by atoms with Crippen LogP contribution in [0.4, 0.5) is 17.1 Å². The highest BCUT2D eigenvalue weighted by molar-refractivity contribution is 7.99. The molecule has 0 atom stereocenters.